The van der Waals surface area contributed by atoms with Crippen molar-refractivity contribution in [2.24, 2.45) is 13.0 Å². The molecule has 1 aliphatic heterocycles. The first-order valence-corrected chi connectivity index (χ1v) is 15.7. The number of rotatable bonds is 10. The van der Waals surface area contributed by atoms with E-state index in [-0.39, 0.29) is 30.7 Å². The molecule has 2 fully saturated rings. The highest BCUT2D eigenvalue weighted by Gasteiger charge is 2.52. The molecule has 0 N–H and O–H groups in total. The van der Waals surface area contributed by atoms with E-state index in [9.17, 15) is 26.3 Å². The molecule has 1 aromatic carbocycles. The van der Waals surface area contributed by atoms with Crippen molar-refractivity contribution in [1.82, 2.24) is 25.2 Å². The number of tetrazole rings is 1. The van der Waals surface area contributed by atoms with Gasteiger partial charge in [0.15, 0.2) is 0 Å². The number of benzene rings is 1. The van der Waals surface area contributed by atoms with Gasteiger partial charge in [-0.25, -0.2) is 4.98 Å². The second kappa shape index (κ2) is 12.9. The molecule has 3 heterocycles. The molecular formula is C31H40BF6N7O2. The lowest BCUT2D eigenvalue weighted by Gasteiger charge is -2.32. The summed E-state index contributed by atoms with van der Waals surface area (Å²) < 4.78 is 95.0. The van der Waals surface area contributed by atoms with E-state index >= 15 is 0 Å². The Morgan fingerprint density at radius 2 is 1.49 bits per heavy atom. The van der Waals surface area contributed by atoms with Crippen molar-refractivity contribution >= 4 is 24.3 Å². The van der Waals surface area contributed by atoms with E-state index in [1.165, 1.54) is 16.7 Å². The first-order chi connectivity index (χ1) is 21.9. The first-order valence-electron chi connectivity index (χ1n) is 15.7. The van der Waals surface area contributed by atoms with Crippen LogP contribution in [0.3, 0.4) is 0 Å². The van der Waals surface area contributed by atoms with Crippen LogP contribution in [0.25, 0.3) is 0 Å². The zero-order valence-corrected chi connectivity index (χ0v) is 27.4. The summed E-state index contributed by atoms with van der Waals surface area (Å²) in [5, 5.41) is 12.2. The molecular weight excluding hydrogens is 627 g/mol. The van der Waals surface area contributed by atoms with Crippen LogP contribution in [0.2, 0.25) is 0 Å². The minimum Gasteiger partial charge on any atom is -0.399 e. The molecule has 2 aliphatic rings. The van der Waals surface area contributed by atoms with Crippen molar-refractivity contribution in [3.63, 3.8) is 0 Å². The lowest BCUT2D eigenvalue weighted by Crippen LogP contribution is -2.41. The third-order valence-electron chi connectivity index (χ3n) is 9.29. The van der Waals surface area contributed by atoms with Crippen LogP contribution in [0.5, 0.6) is 0 Å². The Bertz CT molecular complexity index is 1510. The van der Waals surface area contributed by atoms with Crippen LogP contribution >= 0.6 is 0 Å². The number of anilines is 2. The SMILES string of the molecule is CCN(CC1CCCC1)c1ncc(B2OC(C)(C)C(C)(C)O2)cc1CN(Cc1cc(C(F)(F)F)cc(C(F)(F)F)c1)c1nnn(C)n1. The van der Waals surface area contributed by atoms with Gasteiger partial charge in [-0.05, 0) is 82.4 Å². The largest absolute Gasteiger partial charge is 0.496 e. The molecule has 1 saturated heterocycles. The monoisotopic (exact) mass is 667 g/mol. The maximum Gasteiger partial charge on any atom is 0.496 e. The maximum atomic E-state index is 13.7. The third kappa shape index (κ3) is 7.85. The highest BCUT2D eigenvalue weighted by Crippen LogP contribution is 2.38. The molecule has 0 amide bonds. The average Bonchev–Trinajstić information content (AvgIpc) is 3.70. The predicted octanol–water partition coefficient (Wildman–Crippen LogP) is 6.17. The normalized spacial score (nSPS) is 18.3. The van der Waals surface area contributed by atoms with E-state index in [4.69, 9.17) is 14.3 Å². The molecule has 0 atom stereocenters. The van der Waals surface area contributed by atoms with Gasteiger partial charge in [0.05, 0.1) is 29.4 Å². The quantitative estimate of drug-likeness (QED) is 0.188. The summed E-state index contributed by atoms with van der Waals surface area (Å²) in [5.41, 5.74) is -2.96. The van der Waals surface area contributed by atoms with Gasteiger partial charge in [-0.3, -0.25) is 0 Å². The fourth-order valence-electron chi connectivity index (χ4n) is 6.04. The Morgan fingerprint density at radius 1 is 0.894 bits per heavy atom. The summed E-state index contributed by atoms with van der Waals surface area (Å²) >= 11 is 0. The molecule has 0 spiro atoms. The van der Waals surface area contributed by atoms with E-state index in [1.54, 1.807) is 6.20 Å². The van der Waals surface area contributed by atoms with Crippen molar-refractivity contribution in [3.05, 3.63) is 52.7 Å². The number of pyridine rings is 1. The van der Waals surface area contributed by atoms with Crippen LogP contribution < -0.4 is 15.3 Å². The molecule has 3 aromatic rings. The number of nitrogens with zero attached hydrogens (tertiary/aromatic N) is 7. The van der Waals surface area contributed by atoms with Crippen molar-refractivity contribution in [2.45, 2.75) is 96.9 Å². The zero-order chi connectivity index (χ0) is 34.4. The molecule has 0 radical (unpaired) electrons. The Hall–Kier alpha value is -3.40. The van der Waals surface area contributed by atoms with Crippen molar-refractivity contribution < 1.29 is 35.7 Å². The van der Waals surface area contributed by atoms with Gasteiger partial charge in [-0.1, -0.05) is 24.0 Å². The molecule has 16 heteroatoms. The van der Waals surface area contributed by atoms with Gasteiger partial charge in [0.25, 0.3) is 5.95 Å². The first kappa shape index (κ1) is 34.9. The fraction of sp³-hybridized carbons (Fsp3) is 0.613. The smallest absolute Gasteiger partial charge is 0.399 e. The van der Waals surface area contributed by atoms with Crippen LogP contribution in [0.15, 0.2) is 30.5 Å². The van der Waals surface area contributed by atoms with E-state index in [0.29, 0.717) is 29.3 Å². The summed E-state index contributed by atoms with van der Waals surface area (Å²) in [6, 6.07) is 3.43. The highest BCUT2D eigenvalue weighted by molar-refractivity contribution is 6.62. The van der Waals surface area contributed by atoms with E-state index in [2.05, 4.69) is 20.3 Å². The van der Waals surface area contributed by atoms with E-state index < -0.39 is 41.8 Å². The van der Waals surface area contributed by atoms with Gasteiger partial charge >= 0.3 is 19.5 Å². The second-order valence-corrected chi connectivity index (χ2v) is 13.4. The van der Waals surface area contributed by atoms with E-state index in [0.717, 1.165) is 44.4 Å². The number of hydrogen-bond donors (Lipinski definition) is 0. The third-order valence-corrected chi connectivity index (χ3v) is 9.29. The molecule has 5 rings (SSSR count). The summed E-state index contributed by atoms with van der Waals surface area (Å²) in [7, 11) is 0.777. The standard InChI is InChI=1S/C31H40BF6N7O2/c1-7-44(17-20-10-8-9-11-20)26-22(14-25(16-39-26)32-46-28(2,3)29(4,5)47-32)19-45(27-40-42-43(6)41-27)18-21-12-23(30(33,34)35)15-24(13-21)31(36,37)38/h12-16,20H,7-11,17-19H2,1-6H3. The van der Waals surface area contributed by atoms with Gasteiger partial charge in [-0.2, -0.15) is 31.1 Å². The molecule has 2 aromatic heterocycles. The number of halogens is 6. The Balaban J connectivity index is 1.58. The summed E-state index contributed by atoms with van der Waals surface area (Å²) in [5.74, 6) is 1.16. The van der Waals surface area contributed by atoms with Gasteiger partial charge in [0.1, 0.15) is 5.82 Å². The van der Waals surface area contributed by atoms with Crippen molar-refractivity contribution in [1.29, 1.82) is 0 Å². The fourth-order valence-corrected chi connectivity index (χ4v) is 6.04. The Morgan fingerprint density at radius 3 is 2.00 bits per heavy atom. The van der Waals surface area contributed by atoms with Crippen LogP contribution in [0.1, 0.15) is 82.6 Å². The topological polar surface area (TPSA) is 81.4 Å². The molecule has 9 nitrogen and oxygen atoms in total. The van der Waals surface area contributed by atoms with Gasteiger partial charge in [0, 0.05) is 43.4 Å². The Kier molecular flexibility index (Phi) is 9.59. The van der Waals surface area contributed by atoms with Gasteiger partial charge < -0.3 is 19.1 Å². The second-order valence-electron chi connectivity index (χ2n) is 13.4. The number of hydrogen-bond acceptors (Lipinski definition) is 8. The van der Waals surface area contributed by atoms with Crippen molar-refractivity contribution in [2.75, 3.05) is 22.9 Å². The summed E-state index contributed by atoms with van der Waals surface area (Å²) in [4.78, 5) is 9.70. The molecule has 0 bridgehead atoms. The van der Waals surface area contributed by atoms with Crippen LogP contribution in [0.4, 0.5) is 38.1 Å². The molecule has 0 unspecified atom stereocenters. The molecule has 47 heavy (non-hydrogen) atoms. The van der Waals surface area contributed by atoms with Crippen LogP contribution in [0, 0.1) is 5.92 Å². The molecule has 1 aliphatic carbocycles. The van der Waals surface area contributed by atoms with Crippen LogP contribution in [-0.2, 0) is 41.8 Å². The minimum absolute atomic E-state index is 0.000135. The van der Waals surface area contributed by atoms with Gasteiger partial charge in [0.2, 0.25) is 0 Å². The van der Waals surface area contributed by atoms with Crippen LogP contribution in [-0.4, -0.2) is 56.6 Å². The highest BCUT2D eigenvalue weighted by atomic mass is 19.4. The molecule has 1 saturated carbocycles. The average molecular weight is 668 g/mol. The number of aromatic nitrogens is 5. The minimum atomic E-state index is -4.98. The Labute approximate surface area is 270 Å². The number of alkyl halides is 6. The van der Waals surface area contributed by atoms with E-state index in [1.807, 2.05) is 40.7 Å². The predicted molar refractivity (Wildman–Crippen MR) is 165 cm³/mol. The molecule has 256 valence electrons. The van der Waals surface area contributed by atoms with Gasteiger partial charge in [-0.15, -0.1) is 5.10 Å². The lowest BCUT2D eigenvalue weighted by atomic mass is 9.79. The maximum absolute atomic E-state index is 13.7. The summed E-state index contributed by atoms with van der Waals surface area (Å²) in [6.45, 7) is 10.8. The van der Waals surface area contributed by atoms with Crippen molar-refractivity contribution in [3.8, 4) is 0 Å². The lowest BCUT2D eigenvalue weighted by molar-refractivity contribution is -0.143. The summed E-state index contributed by atoms with van der Waals surface area (Å²) in [6.07, 6.45) is -3.75. The zero-order valence-electron chi connectivity index (χ0n) is 27.4. The number of aryl methyl sites for hydroxylation is 1.